The van der Waals surface area contributed by atoms with Crippen molar-refractivity contribution in [1.82, 2.24) is 9.55 Å². The van der Waals surface area contributed by atoms with Crippen LogP contribution >= 0.6 is 0 Å². The highest BCUT2D eigenvalue weighted by molar-refractivity contribution is 5.77. The molecule has 0 aliphatic heterocycles. The van der Waals surface area contributed by atoms with E-state index in [4.69, 9.17) is 5.73 Å². The Labute approximate surface area is 95.7 Å². The molecule has 3 N–H and O–H groups in total. The maximum Gasteiger partial charge on any atom is 0.328 e. The fourth-order valence-corrected chi connectivity index (χ4v) is 1.62. The summed E-state index contributed by atoms with van der Waals surface area (Å²) in [4.78, 5) is 36.8. The number of rotatable bonds is 3. The molecule has 1 heterocycles. The number of hydrogen-bond acceptors (Lipinski definition) is 3. The van der Waals surface area contributed by atoms with E-state index in [-0.39, 0.29) is 13.0 Å². The fourth-order valence-electron chi connectivity index (χ4n) is 1.62. The Hall–Kier alpha value is -2.37. The third-order valence-corrected chi connectivity index (χ3v) is 2.47. The molecule has 1 amide bonds. The van der Waals surface area contributed by atoms with E-state index in [1.54, 1.807) is 24.3 Å². The second-order valence-corrected chi connectivity index (χ2v) is 3.65. The highest BCUT2D eigenvalue weighted by atomic mass is 16.2. The van der Waals surface area contributed by atoms with E-state index in [0.717, 1.165) is 4.57 Å². The number of aromatic nitrogens is 2. The van der Waals surface area contributed by atoms with Gasteiger partial charge in [-0.25, -0.2) is 4.79 Å². The number of carbonyl (C=O) groups is 1. The van der Waals surface area contributed by atoms with Crippen molar-refractivity contribution in [2.24, 2.45) is 5.73 Å². The topological polar surface area (TPSA) is 97.9 Å². The summed E-state index contributed by atoms with van der Waals surface area (Å²) in [5.74, 6) is -0.551. The van der Waals surface area contributed by atoms with Gasteiger partial charge in [-0.3, -0.25) is 14.2 Å². The predicted molar refractivity (Wildman–Crippen MR) is 62.6 cm³/mol. The monoisotopic (exact) mass is 233 g/mol. The molecule has 0 aliphatic carbocycles. The minimum absolute atomic E-state index is 0.00562. The number of benzene rings is 1. The molecule has 0 atom stereocenters. The van der Waals surface area contributed by atoms with Gasteiger partial charge in [-0.2, -0.15) is 0 Å². The summed E-state index contributed by atoms with van der Waals surface area (Å²) in [6.07, 6.45) is -0.0404. The summed E-state index contributed by atoms with van der Waals surface area (Å²) in [5, 5.41) is 0.413. The highest BCUT2D eigenvalue weighted by Gasteiger charge is 2.07. The van der Waals surface area contributed by atoms with E-state index in [1.165, 1.54) is 0 Å². The number of H-pyrrole nitrogens is 1. The average molecular weight is 233 g/mol. The van der Waals surface area contributed by atoms with Gasteiger partial charge in [-0.1, -0.05) is 12.1 Å². The zero-order chi connectivity index (χ0) is 12.4. The van der Waals surface area contributed by atoms with Crippen LogP contribution in [0.4, 0.5) is 0 Å². The Bertz CT molecular complexity index is 684. The lowest BCUT2D eigenvalue weighted by Crippen LogP contribution is -2.36. The third kappa shape index (κ3) is 2.10. The largest absolute Gasteiger partial charge is 0.370 e. The molecule has 6 heteroatoms. The fraction of sp³-hybridized carbons (Fsp3) is 0.182. The molecule has 6 nitrogen and oxygen atoms in total. The molecule has 0 saturated carbocycles. The Morgan fingerprint density at radius 3 is 2.71 bits per heavy atom. The number of nitrogens with one attached hydrogen (secondary N) is 1. The lowest BCUT2D eigenvalue weighted by atomic mass is 10.2. The molecule has 0 bridgehead atoms. The first-order chi connectivity index (χ1) is 8.09. The van der Waals surface area contributed by atoms with Crippen LogP contribution in [0.1, 0.15) is 6.42 Å². The number of hydrogen-bond donors (Lipinski definition) is 2. The molecule has 0 radical (unpaired) electrons. The molecular weight excluding hydrogens is 222 g/mol. The molecule has 0 spiro atoms. The summed E-state index contributed by atoms with van der Waals surface area (Å²) >= 11 is 0. The van der Waals surface area contributed by atoms with E-state index in [0.29, 0.717) is 10.9 Å². The number of carbonyl (C=O) groups excluding carboxylic acids is 1. The van der Waals surface area contributed by atoms with Crippen molar-refractivity contribution in [2.75, 3.05) is 0 Å². The summed E-state index contributed by atoms with van der Waals surface area (Å²) in [7, 11) is 0. The van der Waals surface area contributed by atoms with Gasteiger partial charge in [-0.05, 0) is 12.1 Å². The Kier molecular flexibility index (Phi) is 2.78. The maximum absolute atomic E-state index is 12.0. The first kappa shape index (κ1) is 11.1. The molecule has 0 saturated heterocycles. The van der Waals surface area contributed by atoms with Crippen LogP contribution in [0.2, 0.25) is 0 Å². The minimum Gasteiger partial charge on any atom is -0.370 e. The van der Waals surface area contributed by atoms with E-state index < -0.39 is 17.2 Å². The van der Waals surface area contributed by atoms with Crippen molar-refractivity contribution >= 4 is 16.8 Å². The molecule has 0 fully saturated rings. The van der Waals surface area contributed by atoms with Crippen molar-refractivity contribution < 1.29 is 4.79 Å². The van der Waals surface area contributed by atoms with Gasteiger partial charge in [0.1, 0.15) is 0 Å². The van der Waals surface area contributed by atoms with Gasteiger partial charge < -0.3 is 10.7 Å². The van der Waals surface area contributed by atoms with Crippen molar-refractivity contribution in [3.05, 3.63) is 45.1 Å². The molecule has 1 aromatic heterocycles. The number of nitrogens with zero attached hydrogens (tertiary/aromatic N) is 1. The molecule has 1 aromatic carbocycles. The normalized spacial score (nSPS) is 10.6. The zero-order valence-corrected chi connectivity index (χ0v) is 8.97. The minimum atomic E-state index is -0.551. The molecular formula is C11H11N3O3. The van der Waals surface area contributed by atoms with Gasteiger partial charge >= 0.3 is 5.69 Å². The summed E-state index contributed by atoms with van der Waals surface area (Å²) < 4.78 is 0.979. The van der Waals surface area contributed by atoms with E-state index in [2.05, 4.69) is 4.98 Å². The van der Waals surface area contributed by atoms with Gasteiger partial charge in [0, 0.05) is 13.0 Å². The van der Waals surface area contributed by atoms with Crippen LogP contribution in [0.5, 0.6) is 0 Å². The zero-order valence-electron chi connectivity index (χ0n) is 8.97. The van der Waals surface area contributed by atoms with Crippen LogP contribution in [0, 0.1) is 0 Å². The Balaban J connectivity index is 2.60. The molecule has 0 aliphatic rings. The second kappa shape index (κ2) is 4.25. The van der Waals surface area contributed by atoms with Crippen LogP contribution in [0.25, 0.3) is 10.9 Å². The Morgan fingerprint density at radius 2 is 2.00 bits per heavy atom. The van der Waals surface area contributed by atoms with E-state index in [9.17, 15) is 14.4 Å². The van der Waals surface area contributed by atoms with Crippen LogP contribution in [0.3, 0.4) is 0 Å². The highest BCUT2D eigenvalue weighted by Crippen LogP contribution is 2.02. The van der Waals surface area contributed by atoms with E-state index in [1.807, 2.05) is 0 Å². The SMILES string of the molecule is NC(=O)CCn1c(=O)[nH]c2ccccc2c1=O. The first-order valence-electron chi connectivity index (χ1n) is 5.10. The molecule has 2 rings (SSSR count). The van der Waals surface area contributed by atoms with Gasteiger partial charge in [0.05, 0.1) is 10.9 Å². The smallest absolute Gasteiger partial charge is 0.328 e. The van der Waals surface area contributed by atoms with Crippen LogP contribution in [0.15, 0.2) is 33.9 Å². The maximum atomic E-state index is 12.0. The quantitative estimate of drug-likeness (QED) is 0.752. The van der Waals surface area contributed by atoms with Crippen LogP contribution in [-0.4, -0.2) is 15.5 Å². The average Bonchev–Trinajstić information content (AvgIpc) is 2.28. The summed E-state index contributed by atoms with van der Waals surface area (Å²) in [6.45, 7) is -0.00562. The van der Waals surface area contributed by atoms with Crippen molar-refractivity contribution in [1.29, 1.82) is 0 Å². The third-order valence-electron chi connectivity index (χ3n) is 2.47. The second-order valence-electron chi connectivity index (χ2n) is 3.65. The standard InChI is InChI=1S/C11H11N3O3/c12-9(15)5-6-14-10(16)7-3-1-2-4-8(7)13-11(14)17/h1-4H,5-6H2,(H2,12,15)(H,13,17). The van der Waals surface area contributed by atoms with Crippen LogP contribution < -0.4 is 17.0 Å². The van der Waals surface area contributed by atoms with Crippen molar-refractivity contribution in [3.8, 4) is 0 Å². The molecule has 88 valence electrons. The van der Waals surface area contributed by atoms with Crippen LogP contribution in [-0.2, 0) is 11.3 Å². The number of aromatic amines is 1. The van der Waals surface area contributed by atoms with E-state index >= 15 is 0 Å². The van der Waals surface area contributed by atoms with Gasteiger partial charge in [0.25, 0.3) is 5.56 Å². The summed E-state index contributed by atoms with van der Waals surface area (Å²) in [5.41, 5.74) is 4.53. The lowest BCUT2D eigenvalue weighted by Gasteiger charge is -2.04. The Morgan fingerprint density at radius 1 is 1.29 bits per heavy atom. The van der Waals surface area contributed by atoms with Crippen molar-refractivity contribution in [2.45, 2.75) is 13.0 Å². The van der Waals surface area contributed by atoms with Crippen molar-refractivity contribution in [3.63, 3.8) is 0 Å². The molecule has 0 unspecified atom stereocenters. The number of nitrogens with two attached hydrogens (primary N) is 1. The van der Waals surface area contributed by atoms with Gasteiger partial charge in [0.15, 0.2) is 0 Å². The van der Waals surface area contributed by atoms with Gasteiger partial charge in [-0.15, -0.1) is 0 Å². The number of amides is 1. The lowest BCUT2D eigenvalue weighted by molar-refractivity contribution is -0.118. The number of para-hydroxylation sites is 1. The summed E-state index contributed by atoms with van der Waals surface area (Å²) in [6, 6.07) is 6.71. The number of fused-ring (bicyclic) bond motifs is 1. The molecule has 2 aromatic rings. The van der Waals surface area contributed by atoms with Gasteiger partial charge in [0.2, 0.25) is 5.91 Å². The first-order valence-corrected chi connectivity index (χ1v) is 5.10. The number of primary amides is 1. The molecule has 17 heavy (non-hydrogen) atoms. The predicted octanol–water partition coefficient (Wildman–Crippen LogP) is -0.435.